The van der Waals surface area contributed by atoms with Gasteiger partial charge in [-0.3, -0.25) is 0 Å². The molecule has 2 unspecified atom stereocenters. The lowest BCUT2D eigenvalue weighted by Gasteiger charge is -2.16. The maximum absolute atomic E-state index is 5.96. The molecule has 94 valence electrons. The van der Waals surface area contributed by atoms with Gasteiger partial charge in [0.1, 0.15) is 5.82 Å². The summed E-state index contributed by atoms with van der Waals surface area (Å²) in [7, 11) is 0. The van der Waals surface area contributed by atoms with Crippen molar-refractivity contribution in [1.29, 1.82) is 0 Å². The molecule has 0 amide bonds. The van der Waals surface area contributed by atoms with Crippen molar-refractivity contribution in [3.63, 3.8) is 0 Å². The molecular formula is C13H21N3O. The summed E-state index contributed by atoms with van der Waals surface area (Å²) in [4.78, 5) is 8.12. The third-order valence-corrected chi connectivity index (χ3v) is 3.86. The SMILES string of the molecule is NC1CCc2nc(CCC3CCCO3)[nH]c2C1. The van der Waals surface area contributed by atoms with Crippen LogP contribution in [0.1, 0.15) is 42.9 Å². The van der Waals surface area contributed by atoms with Gasteiger partial charge >= 0.3 is 0 Å². The Labute approximate surface area is 102 Å². The number of hydrogen-bond donors (Lipinski definition) is 2. The van der Waals surface area contributed by atoms with Crippen LogP contribution in [0, 0.1) is 0 Å². The van der Waals surface area contributed by atoms with Crippen molar-refractivity contribution in [3.8, 4) is 0 Å². The van der Waals surface area contributed by atoms with Gasteiger partial charge in [0.25, 0.3) is 0 Å². The molecule has 2 atom stereocenters. The molecule has 0 bridgehead atoms. The molecule has 1 aliphatic carbocycles. The molecule has 1 aromatic heterocycles. The van der Waals surface area contributed by atoms with Crippen molar-refractivity contribution < 1.29 is 4.74 Å². The van der Waals surface area contributed by atoms with Crippen LogP contribution in [0.15, 0.2) is 0 Å². The number of imidazole rings is 1. The van der Waals surface area contributed by atoms with E-state index in [2.05, 4.69) is 9.97 Å². The van der Waals surface area contributed by atoms with Gasteiger partial charge in [-0.05, 0) is 32.1 Å². The first-order valence-electron chi connectivity index (χ1n) is 6.75. The minimum absolute atomic E-state index is 0.314. The molecule has 0 saturated carbocycles. The van der Waals surface area contributed by atoms with Gasteiger partial charge in [0.05, 0.1) is 11.8 Å². The quantitative estimate of drug-likeness (QED) is 0.831. The monoisotopic (exact) mass is 235 g/mol. The molecular weight excluding hydrogens is 214 g/mol. The van der Waals surface area contributed by atoms with Crippen LogP contribution >= 0.6 is 0 Å². The first-order valence-corrected chi connectivity index (χ1v) is 6.75. The van der Waals surface area contributed by atoms with Gasteiger partial charge < -0.3 is 15.5 Å². The van der Waals surface area contributed by atoms with E-state index in [0.717, 1.165) is 44.5 Å². The highest BCUT2D eigenvalue weighted by Crippen LogP contribution is 2.21. The van der Waals surface area contributed by atoms with E-state index in [1.165, 1.54) is 24.2 Å². The molecule has 4 heteroatoms. The van der Waals surface area contributed by atoms with E-state index in [0.29, 0.717) is 12.1 Å². The summed E-state index contributed by atoms with van der Waals surface area (Å²) in [6.07, 6.45) is 8.06. The highest BCUT2D eigenvalue weighted by Gasteiger charge is 2.20. The van der Waals surface area contributed by atoms with Crippen molar-refractivity contribution in [3.05, 3.63) is 17.2 Å². The van der Waals surface area contributed by atoms with E-state index in [1.807, 2.05) is 0 Å². The lowest BCUT2D eigenvalue weighted by molar-refractivity contribution is 0.104. The van der Waals surface area contributed by atoms with Crippen LogP contribution in [-0.4, -0.2) is 28.7 Å². The number of fused-ring (bicyclic) bond motifs is 1. The molecule has 2 aliphatic rings. The van der Waals surface area contributed by atoms with Gasteiger partial charge in [-0.1, -0.05) is 0 Å². The smallest absolute Gasteiger partial charge is 0.106 e. The summed E-state index contributed by atoms with van der Waals surface area (Å²) in [6.45, 7) is 0.939. The molecule has 0 radical (unpaired) electrons. The molecule has 2 heterocycles. The van der Waals surface area contributed by atoms with Gasteiger partial charge in [0.2, 0.25) is 0 Å². The number of nitrogens with zero attached hydrogens (tertiary/aromatic N) is 1. The summed E-state index contributed by atoms with van der Waals surface area (Å²) >= 11 is 0. The van der Waals surface area contributed by atoms with Crippen LogP contribution < -0.4 is 5.73 Å². The third-order valence-electron chi connectivity index (χ3n) is 3.86. The van der Waals surface area contributed by atoms with Crippen LogP contribution in [0.25, 0.3) is 0 Å². The van der Waals surface area contributed by atoms with Crippen molar-refractivity contribution in [2.75, 3.05) is 6.61 Å². The number of aromatic amines is 1. The molecule has 17 heavy (non-hydrogen) atoms. The predicted octanol–water partition coefficient (Wildman–Crippen LogP) is 1.34. The Morgan fingerprint density at radius 1 is 1.41 bits per heavy atom. The average Bonchev–Trinajstić information content (AvgIpc) is 2.94. The van der Waals surface area contributed by atoms with Crippen LogP contribution in [0.3, 0.4) is 0 Å². The number of nitrogens with two attached hydrogens (primary N) is 1. The average molecular weight is 235 g/mol. The molecule has 1 aromatic rings. The Kier molecular flexibility index (Phi) is 3.16. The largest absolute Gasteiger partial charge is 0.378 e. The maximum Gasteiger partial charge on any atom is 0.106 e. The molecule has 1 fully saturated rings. The van der Waals surface area contributed by atoms with Gasteiger partial charge in [-0.25, -0.2) is 4.98 Å². The number of nitrogens with one attached hydrogen (secondary N) is 1. The number of H-pyrrole nitrogens is 1. The van der Waals surface area contributed by atoms with Gasteiger partial charge in [-0.2, -0.15) is 0 Å². The predicted molar refractivity (Wildman–Crippen MR) is 65.9 cm³/mol. The fraction of sp³-hybridized carbons (Fsp3) is 0.769. The third kappa shape index (κ3) is 2.53. The van der Waals surface area contributed by atoms with Gasteiger partial charge in [0, 0.05) is 31.2 Å². The lowest BCUT2D eigenvalue weighted by Crippen LogP contribution is -2.27. The molecule has 1 saturated heterocycles. The summed E-state index contributed by atoms with van der Waals surface area (Å²) < 4.78 is 5.63. The first-order chi connectivity index (χ1) is 8.31. The minimum atomic E-state index is 0.314. The molecule has 0 spiro atoms. The van der Waals surface area contributed by atoms with E-state index in [1.54, 1.807) is 0 Å². The van der Waals surface area contributed by atoms with E-state index in [-0.39, 0.29) is 0 Å². The fourth-order valence-electron chi connectivity index (χ4n) is 2.85. The van der Waals surface area contributed by atoms with Crippen molar-refractivity contribution in [2.24, 2.45) is 5.73 Å². The summed E-state index contributed by atoms with van der Waals surface area (Å²) in [5.41, 5.74) is 8.48. The molecule has 4 nitrogen and oxygen atoms in total. The fourth-order valence-corrected chi connectivity index (χ4v) is 2.85. The second kappa shape index (κ2) is 4.78. The second-order valence-electron chi connectivity index (χ2n) is 5.29. The normalized spacial score (nSPS) is 28.3. The van der Waals surface area contributed by atoms with Crippen molar-refractivity contribution >= 4 is 0 Å². The Hall–Kier alpha value is -0.870. The Morgan fingerprint density at radius 3 is 3.18 bits per heavy atom. The zero-order valence-electron chi connectivity index (χ0n) is 10.2. The van der Waals surface area contributed by atoms with E-state index in [9.17, 15) is 0 Å². The number of aromatic nitrogens is 2. The summed E-state index contributed by atoms with van der Waals surface area (Å²) in [5.74, 6) is 1.12. The second-order valence-corrected chi connectivity index (χ2v) is 5.29. The Bertz CT molecular complexity index is 382. The van der Waals surface area contributed by atoms with E-state index < -0.39 is 0 Å². The highest BCUT2D eigenvalue weighted by molar-refractivity contribution is 5.19. The lowest BCUT2D eigenvalue weighted by atomic mass is 9.97. The van der Waals surface area contributed by atoms with Gasteiger partial charge in [-0.15, -0.1) is 0 Å². The van der Waals surface area contributed by atoms with Crippen LogP contribution in [0.4, 0.5) is 0 Å². The standard InChI is InChI=1S/C13H21N3O/c14-9-3-5-11-12(8-9)16-13(15-11)6-4-10-2-1-7-17-10/h9-10H,1-8,14H2,(H,15,16). The molecule has 0 aromatic carbocycles. The molecule has 3 N–H and O–H groups in total. The Balaban J connectivity index is 1.60. The topological polar surface area (TPSA) is 63.9 Å². The van der Waals surface area contributed by atoms with Crippen molar-refractivity contribution in [2.45, 2.75) is 57.1 Å². The molecule has 1 aliphatic heterocycles. The van der Waals surface area contributed by atoms with Crippen LogP contribution in [0.2, 0.25) is 0 Å². The highest BCUT2D eigenvalue weighted by atomic mass is 16.5. The van der Waals surface area contributed by atoms with Crippen LogP contribution in [-0.2, 0) is 24.0 Å². The van der Waals surface area contributed by atoms with Gasteiger partial charge in [0.15, 0.2) is 0 Å². The van der Waals surface area contributed by atoms with E-state index >= 15 is 0 Å². The zero-order valence-corrected chi connectivity index (χ0v) is 10.2. The number of ether oxygens (including phenoxy) is 1. The maximum atomic E-state index is 5.96. The summed E-state index contributed by atoms with van der Waals surface area (Å²) in [5, 5.41) is 0. The zero-order chi connectivity index (χ0) is 11.7. The number of hydrogen-bond acceptors (Lipinski definition) is 3. The summed E-state index contributed by atoms with van der Waals surface area (Å²) in [6, 6.07) is 0.314. The van der Waals surface area contributed by atoms with Crippen molar-refractivity contribution in [1.82, 2.24) is 9.97 Å². The first kappa shape index (κ1) is 11.2. The molecule has 3 rings (SSSR count). The van der Waals surface area contributed by atoms with E-state index in [4.69, 9.17) is 10.5 Å². The number of aryl methyl sites for hydroxylation is 2. The minimum Gasteiger partial charge on any atom is -0.378 e. The number of rotatable bonds is 3. The Morgan fingerprint density at radius 2 is 2.35 bits per heavy atom. The van der Waals surface area contributed by atoms with Crippen LogP contribution in [0.5, 0.6) is 0 Å².